The van der Waals surface area contributed by atoms with Gasteiger partial charge < -0.3 is 10.1 Å². The van der Waals surface area contributed by atoms with Crippen LogP contribution in [-0.2, 0) is 0 Å². The second kappa shape index (κ2) is 8.02. The van der Waals surface area contributed by atoms with E-state index in [-0.39, 0.29) is 6.04 Å². The Kier molecular flexibility index (Phi) is 6.64. The molecule has 0 aliphatic carbocycles. The Hall–Kier alpha value is -1.17. The first kappa shape index (κ1) is 14.9. The summed E-state index contributed by atoms with van der Waals surface area (Å²) >= 11 is 5.98. The molecule has 0 amide bonds. The monoisotopic (exact) mass is 265 g/mol. The first-order valence-electron chi connectivity index (χ1n) is 6.19. The van der Waals surface area contributed by atoms with Crippen molar-refractivity contribution in [1.82, 2.24) is 5.32 Å². The SMILES string of the molecule is CC#CCCC(NCC)c1ccc(Cl)cc1OC. The fraction of sp³-hybridized carbons (Fsp3) is 0.467. The van der Waals surface area contributed by atoms with Crippen molar-refractivity contribution in [3.8, 4) is 17.6 Å². The predicted octanol–water partition coefficient (Wildman–Crippen LogP) is 3.80. The molecule has 0 saturated carbocycles. The number of hydrogen-bond donors (Lipinski definition) is 1. The van der Waals surface area contributed by atoms with Crippen LogP contribution in [0.5, 0.6) is 5.75 Å². The third-order valence-corrected chi connectivity index (χ3v) is 2.99. The first-order chi connectivity index (χ1) is 8.72. The standard InChI is InChI=1S/C15H20ClNO/c1-4-6-7-8-14(17-5-2)13-10-9-12(16)11-15(13)18-3/h9-11,14,17H,5,7-8H2,1-3H3. The second-order valence-corrected chi connectivity index (χ2v) is 4.40. The molecule has 0 spiro atoms. The summed E-state index contributed by atoms with van der Waals surface area (Å²) in [5.41, 5.74) is 1.14. The molecule has 1 aromatic carbocycles. The molecule has 0 radical (unpaired) electrons. The predicted molar refractivity (Wildman–Crippen MR) is 77.1 cm³/mol. The van der Waals surface area contributed by atoms with Crippen LogP contribution in [0.2, 0.25) is 5.02 Å². The Morgan fingerprint density at radius 2 is 2.22 bits per heavy atom. The van der Waals surface area contributed by atoms with Crippen molar-refractivity contribution in [3.63, 3.8) is 0 Å². The Morgan fingerprint density at radius 3 is 2.83 bits per heavy atom. The van der Waals surface area contributed by atoms with Gasteiger partial charge in [0.15, 0.2) is 0 Å². The summed E-state index contributed by atoms with van der Waals surface area (Å²) in [6, 6.07) is 6.03. The number of nitrogens with one attached hydrogen (secondary N) is 1. The van der Waals surface area contributed by atoms with Gasteiger partial charge in [-0.15, -0.1) is 11.8 Å². The largest absolute Gasteiger partial charge is 0.496 e. The van der Waals surface area contributed by atoms with Gasteiger partial charge in [-0.1, -0.05) is 24.6 Å². The van der Waals surface area contributed by atoms with Crippen LogP contribution in [-0.4, -0.2) is 13.7 Å². The molecule has 0 aromatic heterocycles. The fourth-order valence-electron chi connectivity index (χ4n) is 1.93. The lowest BCUT2D eigenvalue weighted by atomic mass is 10.0. The molecule has 1 N–H and O–H groups in total. The van der Waals surface area contributed by atoms with Gasteiger partial charge in [0.2, 0.25) is 0 Å². The summed E-state index contributed by atoms with van der Waals surface area (Å²) in [4.78, 5) is 0. The van der Waals surface area contributed by atoms with Gasteiger partial charge in [-0.25, -0.2) is 0 Å². The molecule has 0 bridgehead atoms. The third kappa shape index (κ3) is 4.25. The summed E-state index contributed by atoms with van der Waals surface area (Å²) < 4.78 is 5.40. The highest BCUT2D eigenvalue weighted by atomic mass is 35.5. The summed E-state index contributed by atoms with van der Waals surface area (Å²) in [5.74, 6) is 6.85. The van der Waals surface area contributed by atoms with Crippen LogP contribution >= 0.6 is 11.6 Å². The van der Waals surface area contributed by atoms with Gasteiger partial charge in [0.25, 0.3) is 0 Å². The molecule has 0 saturated heterocycles. The van der Waals surface area contributed by atoms with E-state index in [2.05, 4.69) is 24.1 Å². The smallest absolute Gasteiger partial charge is 0.125 e. The Morgan fingerprint density at radius 1 is 1.44 bits per heavy atom. The lowest BCUT2D eigenvalue weighted by Crippen LogP contribution is -2.21. The van der Waals surface area contributed by atoms with Crippen LogP contribution < -0.4 is 10.1 Å². The molecule has 0 aliphatic heterocycles. The van der Waals surface area contributed by atoms with Crippen molar-refractivity contribution in [2.45, 2.75) is 32.7 Å². The molecule has 1 atom stereocenters. The number of rotatable bonds is 6. The van der Waals surface area contributed by atoms with Crippen LogP contribution in [0, 0.1) is 11.8 Å². The molecule has 1 rings (SSSR count). The van der Waals surface area contributed by atoms with Gasteiger partial charge >= 0.3 is 0 Å². The van der Waals surface area contributed by atoms with Crippen molar-refractivity contribution in [2.75, 3.05) is 13.7 Å². The number of halogens is 1. The van der Waals surface area contributed by atoms with E-state index in [1.807, 2.05) is 25.1 Å². The van der Waals surface area contributed by atoms with E-state index < -0.39 is 0 Å². The third-order valence-electron chi connectivity index (χ3n) is 2.76. The van der Waals surface area contributed by atoms with Gasteiger partial charge in [-0.05, 0) is 32.0 Å². The quantitative estimate of drug-likeness (QED) is 0.790. The minimum atomic E-state index is 0.253. The van der Waals surface area contributed by atoms with Crippen LogP contribution in [0.25, 0.3) is 0 Å². The fourth-order valence-corrected chi connectivity index (χ4v) is 2.09. The van der Waals surface area contributed by atoms with Crippen LogP contribution in [0.1, 0.15) is 38.3 Å². The molecule has 18 heavy (non-hydrogen) atoms. The van der Waals surface area contributed by atoms with E-state index in [4.69, 9.17) is 16.3 Å². The highest BCUT2D eigenvalue weighted by Crippen LogP contribution is 2.30. The Balaban J connectivity index is 2.91. The van der Waals surface area contributed by atoms with E-state index in [9.17, 15) is 0 Å². The highest BCUT2D eigenvalue weighted by molar-refractivity contribution is 6.30. The van der Waals surface area contributed by atoms with Crippen molar-refractivity contribution in [3.05, 3.63) is 28.8 Å². The second-order valence-electron chi connectivity index (χ2n) is 3.96. The zero-order valence-corrected chi connectivity index (χ0v) is 12.0. The topological polar surface area (TPSA) is 21.3 Å². The molecule has 3 heteroatoms. The maximum Gasteiger partial charge on any atom is 0.125 e. The summed E-state index contributed by atoms with van der Waals surface area (Å²) in [5, 5.41) is 4.15. The van der Waals surface area contributed by atoms with Crippen molar-refractivity contribution >= 4 is 11.6 Å². The molecule has 0 fully saturated rings. The molecular weight excluding hydrogens is 246 g/mol. The van der Waals surface area contributed by atoms with E-state index in [1.54, 1.807) is 7.11 Å². The van der Waals surface area contributed by atoms with E-state index in [0.29, 0.717) is 5.02 Å². The molecule has 2 nitrogen and oxygen atoms in total. The minimum absolute atomic E-state index is 0.253. The molecule has 0 heterocycles. The normalized spacial score (nSPS) is 11.6. The number of hydrogen-bond acceptors (Lipinski definition) is 2. The van der Waals surface area contributed by atoms with Crippen LogP contribution in [0.4, 0.5) is 0 Å². The summed E-state index contributed by atoms with van der Waals surface area (Å²) in [6.07, 6.45) is 1.84. The van der Waals surface area contributed by atoms with E-state index in [1.165, 1.54) is 0 Å². The average molecular weight is 266 g/mol. The number of ether oxygens (including phenoxy) is 1. The molecule has 1 aromatic rings. The minimum Gasteiger partial charge on any atom is -0.496 e. The molecule has 0 aliphatic rings. The average Bonchev–Trinajstić information content (AvgIpc) is 2.38. The van der Waals surface area contributed by atoms with Gasteiger partial charge in [-0.3, -0.25) is 0 Å². The maximum atomic E-state index is 5.98. The lowest BCUT2D eigenvalue weighted by molar-refractivity contribution is 0.397. The van der Waals surface area contributed by atoms with Crippen LogP contribution in [0.3, 0.4) is 0 Å². The molecule has 1 unspecified atom stereocenters. The summed E-state index contributed by atoms with van der Waals surface area (Å²) in [6.45, 7) is 4.88. The first-order valence-corrected chi connectivity index (χ1v) is 6.57. The van der Waals surface area contributed by atoms with Crippen molar-refractivity contribution in [1.29, 1.82) is 0 Å². The number of methoxy groups -OCH3 is 1. The van der Waals surface area contributed by atoms with E-state index in [0.717, 1.165) is 30.7 Å². The maximum absolute atomic E-state index is 5.98. The zero-order valence-electron chi connectivity index (χ0n) is 11.2. The Labute approximate surface area is 115 Å². The van der Waals surface area contributed by atoms with Crippen molar-refractivity contribution in [2.24, 2.45) is 0 Å². The lowest BCUT2D eigenvalue weighted by Gasteiger charge is -2.20. The zero-order chi connectivity index (χ0) is 13.4. The van der Waals surface area contributed by atoms with Crippen molar-refractivity contribution < 1.29 is 4.74 Å². The summed E-state index contributed by atoms with van der Waals surface area (Å²) in [7, 11) is 1.67. The Bertz CT molecular complexity index is 434. The molecular formula is C15H20ClNO. The van der Waals surface area contributed by atoms with Gasteiger partial charge in [0.1, 0.15) is 5.75 Å². The molecule has 98 valence electrons. The number of benzene rings is 1. The van der Waals surface area contributed by atoms with Crippen LogP contribution in [0.15, 0.2) is 18.2 Å². The highest BCUT2D eigenvalue weighted by Gasteiger charge is 2.14. The van der Waals surface area contributed by atoms with Gasteiger partial charge in [-0.2, -0.15) is 0 Å². The van der Waals surface area contributed by atoms with Gasteiger partial charge in [0, 0.05) is 23.0 Å². The van der Waals surface area contributed by atoms with E-state index >= 15 is 0 Å². The van der Waals surface area contributed by atoms with Gasteiger partial charge in [0.05, 0.1) is 7.11 Å².